The Hall–Kier alpha value is -1.38. The maximum Gasteiger partial charge on any atom is 0.253 e. The highest BCUT2D eigenvalue weighted by Crippen LogP contribution is 2.04. The third-order valence-electron chi connectivity index (χ3n) is 1.64. The van der Waals surface area contributed by atoms with Gasteiger partial charge < -0.3 is 0 Å². The standard InChI is InChI=1S/C8H11NO2.C3H6/c1-2-3-6-9-7(10)4-5-8(9)11;1-3-2/h4-5H,2-3,6H2,1H3;3H,1H2,2H3. The van der Waals surface area contributed by atoms with Crippen LogP contribution in [0.2, 0.25) is 0 Å². The van der Waals surface area contributed by atoms with Gasteiger partial charge in [0.1, 0.15) is 0 Å². The van der Waals surface area contributed by atoms with Crippen molar-refractivity contribution < 1.29 is 9.59 Å². The van der Waals surface area contributed by atoms with Crippen LogP contribution in [0, 0.1) is 0 Å². The Morgan fingerprint density at radius 1 is 1.36 bits per heavy atom. The van der Waals surface area contributed by atoms with Gasteiger partial charge in [-0.2, -0.15) is 0 Å². The topological polar surface area (TPSA) is 37.4 Å². The van der Waals surface area contributed by atoms with E-state index in [-0.39, 0.29) is 11.8 Å². The molecule has 0 unspecified atom stereocenters. The van der Waals surface area contributed by atoms with Crippen molar-refractivity contribution in [3.8, 4) is 0 Å². The molecule has 0 fully saturated rings. The van der Waals surface area contributed by atoms with Crippen LogP contribution in [0.1, 0.15) is 26.7 Å². The van der Waals surface area contributed by atoms with Crippen LogP contribution in [-0.4, -0.2) is 23.3 Å². The Morgan fingerprint density at radius 3 is 2.14 bits per heavy atom. The largest absolute Gasteiger partial charge is 0.275 e. The number of unbranched alkanes of at least 4 members (excludes halogenated alkanes) is 1. The van der Waals surface area contributed by atoms with E-state index in [0.717, 1.165) is 12.8 Å². The van der Waals surface area contributed by atoms with Crippen molar-refractivity contribution in [3.05, 3.63) is 24.8 Å². The SMILES string of the molecule is C=CC.CCCCN1C(=O)C=CC1=O. The van der Waals surface area contributed by atoms with Crippen LogP contribution >= 0.6 is 0 Å². The van der Waals surface area contributed by atoms with Gasteiger partial charge in [-0.25, -0.2) is 0 Å². The van der Waals surface area contributed by atoms with Crippen molar-refractivity contribution in [2.45, 2.75) is 26.7 Å². The van der Waals surface area contributed by atoms with Crippen molar-refractivity contribution in [1.82, 2.24) is 4.90 Å². The molecule has 1 aliphatic rings. The summed E-state index contributed by atoms with van der Waals surface area (Å²) >= 11 is 0. The molecule has 2 amide bonds. The first kappa shape index (κ1) is 12.6. The van der Waals surface area contributed by atoms with Crippen molar-refractivity contribution >= 4 is 11.8 Å². The summed E-state index contributed by atoms with van der Waals surface area (Å²) in [4.78, 5) is 23.1. The zero-order chi connectivity index (χ0) is 11.0. The van der Waals surface area contributed by atoms with Crippen LogP contribution in [0.3, 0.4) is 0 Å². The second-order valence-corrected chi connectivity index (χ2v) is 2.92. The van der Waals surface area contributed by atoms with Gasteiger partial charge >= 0.3 is 0 Å². The summed E-state index contributed by atoms with van der Waals surface area (Å²) in [5.41, 5.74) is 0. The van der Waals surface area contributed by atoms with Gasteiger partial charge in [-0.1, -0.05) is 19.4 Å². The first-order chi connectivity index (χ1) is 6.67. The molecule has 3 nitrogen and oxygen atoms in total. The summed E-state index contributed by atoms with van der Waals surface area (Å²) in [7, 11) is 0. The van der Waals surface area contributed by atoms with Gasteiger partial charge in [0, 0.05) is 18.7 Å². The Bertz CT molecular complexity index is 226. The summed E-state index contributed by atoms with van der Waals surface area (Å²) < 4.78 is 0. The molecule has 0 aromatic heterocycles. The van der Waals surface area contributed by atoms with Gasteiger partial charge in [0.05, 0.1) is 0 Å². The normalized spacial score (nSPS) is 14.0. The van der Waals surface area contributed by atoms with Crippen LogP contribution < -0.4 is 0 Å². The molecule has 0 bridgehead atoms. The van der Waals surface area contributed by atoms with Gasteiger partial charge in [0.25, 0.3) is 11.8 Å². The fourth-order valence-corrected chi connectivity index (χ4v) is 0.968. The zero-order valence-electron chi connectivity index (χ0n) is 8.82. The highest BCUT2D eigenvalue weighted by molar-refractivity contribution is 6.12. The van der Waals surface area contributed by atoms with E-state index in [1.807, 2.05) is 13.8 Å². The fourth-order valence-electron chi connectivity index (χ4n) is 0.968. The fraction of sp³-hybridized carbons (Fsp3) is 0.455. The van der Waals surface area contributed by atoms with E-state index in [1.165, 1.54) is 17.1 Å². The van der Waals surface area contributed by atoms with Gasteiger partial charge in [0.2, 0.25) is 0 Å². The molecule has 1 rings (SSSR count). The van der Waals surface area contributed by atoms with Crippen LogP contribution in [0.15, 0.2) is 24.8 Å². The molecule has 0 radical (unpaired) electrons. The summed E-state index contributed by atoms with van der Waals surface area (Å²) in [5.74, 6) is -0.355. The van der Waals surface area contributed by atoms with Crippen molar-refractivity contribution in [3.63, 3.8) is 0 Å². The lowest BCUT2D eigenvalue weighted by Crippen LogP contribution is -2.30. The van der Waals surface area contributed by atoms with Crippen LogP contribution in [-0.2, 0) is 9.59 Å². The molecule has 0 aliphatic carbocycles. The van der Waals surface area contributed by atoms with Crippen molar-refractivity contribution in [2.75, 3.05) is 6.54 Å². The lowest BCUT2D eigenvalue weighted by atomic mass is 10.3. The monoisotopic (exact) mass is 195 g/mol. The third kappa shape index (κ3) is 4.03. The number of allylic oxidation sites excluding steroid dienone is 1. The summed E-state index contributed by atoms with van der Waals surface area (Å²) in [6.07, 6.45) is 6.27. The molecule has 0 aromatic carbocycles. The number of imide groups is 1. The second-order valence-electron chi connectivity index (χ2n) is 2.92. The number of carbonyl (C=O) groups excluding carboxylic acids is 2. The number of hydrogen-bond donors (Lipinski definition) is 0. The number of amides is 2. The van der Waals surface area contributed by atoms with Crippen molar-refractivity contribution in [1.29, 1.82) is 0 Å². The van der Waals surface area contributed by atoms with Gasteiger partial charge in [-0.05, 0) is 13.3 Å². The Kier molecular flexibility index (Phi) is 6.37. The molecule has 1 aliphatic heterocycles. The van der Waals surface area contributed by atoms with E-state index >= 15 is 0 Å². The average molecular weight is 195 g/mol. The number of rotatable bonds is 3. The Balaban J connectivity index is 0.000000500. The Labute approximate surface area is 85.1 Å². The first-order valence-electron chi connectivity index (χ1n) is 4.78. The molecule has 0 saturated heterocycles. The molecule has 0 N–H and O–H groups in total. The highest BCUT2D eigenvalue weighted by Gasteiger charge is 2.21. The molecule has 1 heterocycles. The molecule has 0 aromatic rings. The van der Waals surface area contributed by atoms with Crippen LogP contribution in [0.25, 0.3) is 0 Å². The van der Waals surface area contributed by atoms with Crippen LogP contribution in [0.5, 0.6) is 0 Å². The van der Waals surface area contributed by atoms with E-state index in [4.69, 9.17) is 0 Å². The summed E-state index contributed by atoms with van der Waals surface area (Å²) in [6, 6.07) is 0. The third-order valence-corrected chi connectivity index (χ3v) is 1.64. The van der Waals surface area contributed by atoms with E-state index in [0.29, 0.717) is 6.54 Å². The van der Waals surface area contributed by atoms with E-state index in [9.17, 15) is 9.59 Å². The van der Waals surface area contributed by atoms with Gasteiger partial charge in [-0.3, -0.25) is 14.5 Å². The predicted octanol–water partition coefficient (Wildman–Crippen LogP) is 1.90. The minimum Gasteiger partial charge on any atom is -0.275 e. The molecule has 3 heteroatoms. The molecule has 14 heavy (non-hydrogen) atoms. The van der Waals surface area contributed by atoms with Gasteiger partial charge in [-0.15, -0.1) is 6.58 Å². The van der Waals surface area contributed by atoms with E-state index in [1.54, 1.807) is 6.08 Å². The first-order valence-corrected chi connectivity index (χ1v) is 4.78. The summed E-state index contributed by atoms with van der Waals surface area (Å²) in [5, 5.41) is 0. The zero-order valence-corrected chi connectivity index (χ0v) is 8.82. The van der Waals surface area contributed by atoms with Crippen LogP contribution in [0.4, 0.5) is 0 Å². The maximum absolute atomic E-state index is 10.9. The summed E-state index contributed by atoms with van der Waals surface area (Å²) in [6.45, 7) is 7.83. The number of hydrogen-bond acceptors (Lipinski definition) is 2. The predicted molar refractivity (Wildman–Crippen MR) is 56.6 cm³/mol. The lowest BCUT2D eigenvalue weighted by Gasteiger charge is -2.11. The quantitative estimate of drug-likeness (QED) is 0.509. The molecule has 78 valence electrons. The Morgan fingerprint density at radius 2 is 1.79 bits per heavy atom. The second kappa shape index (κ2) is 7.06. The van der Waals surface area contributed by atoms with E-state index < -0.39 is 0 Å². The molecule has 0 atom stereocenters. The molecular weight excluding hydrogens is 178 g/mol. The molecule has 0 spiro atoms. The molecule has 0 saturated carbocycles. The number of nitrogens with zero attached hydrogens (tertiary/aromatic N) is 1. The van der Waals surface area contributed by atoms with E-state index in [2.05, 4.69) is 6.58 Å². The van der Waals surface area contributed by atoms with Crippen molar-refractivity contribution in [2.24, 2.45) is 0 Å². The average Bonchev–Trinajstić information content (AvgIpc) is 2.45. The highest BCUT2D eigenvalue weighted by atomic mass is 16.2. The lowest BCUT2D eigenvalue weighted by molar-refractivity contribution is -0.136. The number of carbonyl (C=O) groups is 2. The molecular formula is C11H17NO2. The maximum atomic E-state index is 10.9. The smallest absolute Gasteiger partial charge is 0.253 e. The minimum absolute atomic E-state index is 0.177. The minimum atomic E-state index is -0.177. The van der Waals surface area contributed by atoms with Gasteiger partial charge in [0.15, 0.2) is 0 Å².